The van der Waals surface area contributed by atoms with Gasteiger partial charge in [0.2, 0.25) is 0 Å². The van der Waals surface area contributed by atoms with Gasteiger partial charge in [0.05, 0.1) is 0 Å². The summed E-state index contributed by atoms with van der Waals surface area (Å²) in [6.45, 7) is 4.15. The van der Waals surface area contributed by atoms with Crippen LogP contribution in [-0.4, -0.2) is 9.97 Å². The monoisotopic (exact) mass is 216 g/mol. The Labute approximate surface area is 93.8 Å². The van der Waals surface area contributed by atoms with E-state index in [4.69, 9.17) is 0 Å². The zero-order valence-corrected chi connectivity index (χ0v) is 9.58. The highest BCUT2D eigenvalue weighted by Crippen LogP contribution is 2.31. The SMILES string of the molecule is Cc1cnccc1Sc1ccncc1C. The van der Waals surface area contributed by atoms with Crippen LogP contribution < -0.4 is 0 Å². The summed E-state index contributed by atoms with van der Waals surface area (Å²) in [5, 5.41) is 0. The van der Waals surface area contributed by atoms with Crippen LogP contribution in [0.1, 0.15) is 11.1 Å². The minimum absolute atomic E-state index is 1.21. The van der Waals surface area contributed by atoms with E-state index in [1.807, 2.05) is 36.9 Å². The molecule has 0 radical (unpaired) electrons. The molecular weight excluding hydrogens is 204 g/mol. The molecule has 76 valence electrons. The Morgan fingerprint density at radius 2 is 1.33 bits per heavy atom. The molecule has 0 aliphatic carbocycles. The highest BCUT2D eigenvalue weighted by Gasteiger charge is 2.02. The van der Waals surface area contributed by atoms with Crippen LogP contribution >= 0.6 is 11.8 Å². The Balaban J connectivity index is 2.30. The molecule has 2 aromatic rings. The van der Waals surface area contributed by atoms with Crippen molar-refractivity contribution in [3.8, 4) is 0 Å². The molecular formula is C12H12N2S. The maximum absolute atomic E-state index is 4.08. The van der Waals surface area contributed by atoms with Gasteiger partial charge in [-0.2, -0.15) is 0 Å². The van der Waals surface area contributed by atoms with E-state index in [1.54, 1.807) is 11.8 Å². The molecule has 2 rings (SSSR count). The fourth-order valence-electron chi connectivity index (χ4n) is 1.27. The molecule has 2 heterocycles. The fraction of sp³-hybridized carbons (Fsp3) is 0.167. The molecule has 0 spiro atoms. The van der Waals surface area contributed by atoms with Gasteiger partial charge in [-0.1, -0.05) is 11.8 Å². The van der Waals surface area contributed by atoms with Crippen molar-refractivity contribution in [2.45, 2.75) is 23.6 Å². The molecule has 0 saturated heterocycles. The van der Waals surface area contributed by atoms with Crippen molar-refractivity contribution < 1.29 is 0 Å². The summed E-state index contributed by atoms with van der Waals surface area (Å²) in [4.78, 5) is 10.7. The van der Waals surface area contributed by atoms with Crippen LogP contribution in [0.3, 0.4) is 0 Å². The first-order chi connectivity index (χ1) is 7.27. The maximum atomic E-state index is 4.08. The molecule has 2 nitrogen and oxygen atoms in total. The van der Waals surface area contributed by atoms with Crippen LogP contribution in [-0.2, 0) is 0 Å². The summed E-state index contributed by atoms with van der Waals surface area (Å²) in [5.74, 6) is 0. The number of pyridine rings is 2. The Hall–Kier alpha value is -1.35. The van der Waals surface area contributed by atoms with Gasteiger partial charge in [0.25, 0.3) is 0 Å². The molecule has 0 amide bonds. The van der Waals surface area contributed by atoms with E-state index in [9.17, 15) is 0 Å². The minimum Gasteiger partial charge on any atom is -0.264 e. The zero-order valence-electron chi connectivity index (χ0n) is 8.77. The Morgan fingerprint density at radius 3 is 1.73 bits per heavy atom. The van der Waals surface area contributed by atoms with Crippen LogP contribution in [0.2, 0.25) is 0 Å². The maximum Gasteiger partial charge on any atom is 0.0308 e. The molecule has 0 unspecified atom stereocenters. The third kappa shape index (κ3) is 2.36. The molecule has 0 fully saturated rings. The largest absolute Gasteiger partial charge is 0.264 e. The Morgan fingerprint density at radius 1 is 0.867 bits per heavy atom. The highest BCUT2D eigenvalue weighted by molar-refractivity contribution is 7.99. The lowest BCUT2D eigenvalue weighted by molar-refractivity contribution is 1.16. The van der Waals surface area contributed by atoms with Crippen molar-refractivity contribution >= 4 is 11.8 Å². The lowest BCUT2D eigenvalue weighted by Gasteiger charge is -2.06. The van der Waals surface area contributed by atoms with Crippen molar-refractivity contribution in [3.63, 3.8) is 0 Å². The van der Waals surface area contributed by atoms with Crippen LogP contribution in [0.15, 0.2) is 46.7 Å². The second-order valence-electron chi connectivity index (χ2n) is 3.38. The molecule has 0 aromatic carbocycles. The lowest BCUT2D eigenvalue weighted by Crippen LogP contribution is -1.84. The number of hydrogen-bond acceptors (Lipinski definition) is 3. The van der Waals surface area contributed by atoms with Crippen molar-refractivity contribution in [2.24, 2.45) is 0 Å². The van der Waals surface area contributed by atoms with E-state index in [-0.39, 0.29) is 0 Å². The van der Waals surface area contributed by atoms with Gasteiger partial charge in [0.15, 0.2) is 0 Å². The quantitative estimate of drug-likeness (QED) is 0.770. The number of rotatable bonds is 2. The van der Waals surface area contributed by atoms with E-state index in [1.165, 1.54) is 20.9 Å². The summed E-state index contributed by atoms with van der Waals surface area (Å²) in [5.41, 5.74) is 2.41. The first-order valence-electron chi connectivity index (χ1n) is 4.76. The van der Waals surface area contributed by atoms with Crippen molar-refractivity contribution in [1.82, 2.24) is 9.97 Å². The number of aromatic nitrogens is 2. The zero-order chi connectivity index (χ0) is 10.7. The Bertz CT molecular complexity index is 425. The summed E-state index contributed by atoms with van der Waals surface area (Å²) >= 11 is 1.76. The van der Waals surface area contributed by atoms with Crippen LogP contribution in [0.25, 0.3) is 0 Å². The van der Waals surface area contributed by atoms with Gasteiger partial charge in [0, 0.05) is 34.6 Å². The van der Waals surface area contributed by atoms with Gasteiger partial charge in [0.1, 0.15) is 0 Å². The summed E-state index contributed by atoms with van der Waals surface area (Å²) in [6.07, 6.45) is 7.43. The molecule has 2 aromatic heterocycles. The average molecular weight is 216 g/mol. The van der Waals surface area contributed by atoms with Crippen molar-refractivity contribution in [2.75, 3.05) is 0 Å². The van der Waals surface area contributed by atoms with E-state index in [0.717, 1.165) is 0 Å². The first-order valence-corrected chi connectivity index (χ1v) is 5.58. The van der Waals surface area contributed by atoms with Crippen LogP contribution in [0, 0.1) is 13.8 Å². The van der Waals surface area contributed by atoms with Crippen LogP contribution in [0.5, 0.6) is 0 Å². The normalized spacial score (nSPS) is 10.3. The smallest absolute Gasteiger partial charge is 0.0308 e. The van der Waals surface area contributed by atoms with Crippen molar-refractivity contribution in [1.29, 1.82) is 0 Å². The molecule has 3 heteroatoms. The summed E-state index contributed by atoms with van der Waals surface area (Å²) in [6, 6.07) is 4.08. The average Bonchev–Trinajstić information content (AvgIpc) is 2.24. The molecule has 0 N–H and O–H groups in total. The predicted molar refractivity (Wildman–Crippen MR) is 62.1 cm³/mol. The van der Waals surface area contributed by atoms with Gasteiger partial charge in [-0.15, -0.1) is 0 Å². The minimum atomic E-state index is 1.21. The van der Waals surface area contributed by atoms with Crippen LogP contribution in [0.4, 0.5) is 0 Å². The number of aryl methyl sites for hydroxylation is 2. The van der Waals surface area contributed by atoms with Gasteiger partial charge < -0.3 is 0 Å². The summed E-state index contributed by atoms with van der Waals surface area (Å²) < 4.78 is 0. The third-order valence-corrected chi connectivity index (χ3v) is 3.51. The molecule has 0 aliphatic rings. The van der Waals surface area contributed by atoms with Crippen molar-refractivity contribution in [3.05, 3.63) is 48.0 Å². The second kappa shape index (κ2) is 4.45. The topological polar surface area (TPSA) is 25.8 Å². The standard InChI is InChI=1S/C12H12N2S/c1-9-7-13-5-3-11(9)15-12-4-6-14-8-10(12)2/h3-8H,1-2H3. The third-order valence-electron chi connectivity index (χ3n) is 2.16. The van der Waals surface area contributed by atoms with E-state index in [2.05, 4.69) is 23.8 Å². The number of nitrogens with zero attached hydrogens (tertiary/aromatic N) is 2. The molecule has 15 heavy (non-hydrogen) atoms. The molecule has 0 atom stereocenters. The van der Waals surface area contributed by atoms with Gasteiger partial charge >= 0.3 is 0 Å². The van der Waals surface area contributed by atoms with E-state index < -0.39 is 0 Å². The van der Waals surface area contributed by atoms with Gasteiger partial charge in [-0.05, 0) is 37.1 Å². The molecule has 0 saturated carbocycles. The van der Waals surface area contributed by atoms with Gasteiger partial charge in [-0.25, -0.2) is 0 Å². The lowest BCUT2D eigenvalue weighted by atomic mass is 10.3. The first kappa shape index (κ1) is 10.2. The second-order valence-corrected chi connectivity index (χ2v) is 4.47. The molecule has 0 bridgehead atoms. The molecule has 0 aliphatic heterocycles. The highest BCUT2D eigenvalue weighted by atomic mass is 32.2. The summed E-state index contributed by atoms with van der Waals surface area (Å²) in [7, 11) is 0. The predicted octanol–water partition coefficient (Wildman–Crippen LogP) is 3.24. The fourth-order valence-corrected chi connectivity index (χ4v) is 2.19. The van der Waals surface area contributed by atoms with E-state index >= 15 is 0 Å². The van der Waals surface area contributed by atoms with E-state index in [0.29, 0.717) is 0 Å². The Kier molecular flexibility index (Phi) is 3.02. The number of hydrogen-bond donors (Lipinski definition) is 0. The van der Waals surface area contributed by atoms with Gasteiger partial charge in [-0.3, -0.25) is 9.97 Å².